The Labute approximate surface area is 462 Å². The van der Waals surface area contributed by atoms with Gasteiger partial charge in [0.05, 0.1) is 0 Å². The third-order valence-electron chi connectivity index (χ3n) is 15.2. The minimum Gasteiger partial charge on any atom is -0.509 e. The van der Waals surface area contributed by atoms with E-state index in [0.29, 0.717) is 23.3 Å². The Balaban J connectivity index is 0.00000689. The zero-order chi connectivity index (χ0) is 52.6. The van der Waals surface area contributed by atoms with Gasteiger partial charge < -0.3 is 19.1 Å². The first-order chi connectivity index (χ1) is 35.0. The number of hydrogen-bond acceptors (Lipinski definition) is 4. The number of para-hydroxylation sites is 1. The summed E-state index contributed by atoms with van der Waals surface area (Å²) in [5, 5.41) is 2.21. The van der Waals surface area contributed by atoms with Gasteiger partial charge in [0.2, 0.25) is 0 Å². The molecule has 0 unspecified atom stereocenters. The number of pyridine rings is 1. The van der Waals surface area contributed by atoms with E-state index < -0.39 is 0 Å². The van der Waals surface area contributed by atoms with Crippen LogP contribution in [0.1, 0.15) is 155 Å². The largest absolute Gasteiger partial charge is 0.509 e. The molecule has 1 aliphatic rings. The Morgan fingerprint density at radius 3 is 1.79 bits per heavy atom. The third kappa shape index (κ3) is 10.2. The first kappa shape index (κ1) is 53.4. The van der Waals surface area contributed by atoms with E-state index in [1.165, 1.54) is 44.5 Å². The number of rotatable bonds is 10. The van der Waals surface area contributed by atoms with E-state index in [9.17, 15) is 0 Å². The van der Waals surface area contributed by atoms with Crippen LogP contribution in [0.15, 0.2) is 152 Å². The van der Waals surface area contributed by atoms with Gasteiger partial charge in [0.15, 0.2) is 0 Å². The maximum atomic E-state index is 7.14. The van der Waals surface area contributed by atoms with E-state index in [1.807, 2.05) is 12.3 Å². The maximum absolute atomic E-state index is 7.14. The van der Waals surface area contributed by atoms with Crippen molar-refractivity contribution in [2.24, 2.45) is 0 Å². The molecule has 5 nitrogen and oxygen atoms in total. The van der Waals surface area contributed by atoms with Gasteiger partial charge in [0.1, 0.15) is 5.82 Å². The predicted octanol–water partition coefficient (Wildman–Crippen LogP) is 19.1. The van der Waals surface area contributed by atoms with Gasteiger partial charge in [-0.05, 0) is 120 Å². The zero-order valence-electron chi connectivity index (χ0n) is 46.7. The summed E-state index contributed by atoms with van der Waals surface area (Å²) in [6.45, 7) is 36.7. The second kappa shape index (κ2) is 19.9. The molecule has 0 spiro atoms. The number of anilines is 4. The average molecular weight is 1170 g/mol. The number of nitrogens with zero attached hydrogens (tertiary/aromatic N) is 4. The predicted molar refractivity (Wildman–Crippen MR) is 313 cm³/mol. The molecule has 3 heterocycles. The van der Waals surface area contributed by atoms with Gasteiger partial charge in [-0.2, -0.15) is 6.07 Å². The van der Waals surface area contributed by atoms with Crippen molar-refractivity contribution in [1.29, 1.82) is 0 Å². The molecule has 0 saturated heterocycles. The van der Waals surface area contributed by atoms with Crippen molar-refractivity contribution < 1.29 is 25.8 Å². The van der Waals surface area contributed by atoms with Gasteiger partial charge >= 0.3 is 0 Å². The molecule has 2 aromatic heterocycles. The molecule has 0 fully saturated rings. The fourth-order valence-electron chi connectivity index (χ4n) is 10.6. The summed E-state index contributed by atoms with van der Waals surface area (Å²) in [5.74, 6) is 2.62. The van der Waals surface area contributed by atoms with Crippen molar-refractivity contribution in [2.75, 3.05) is 9.80 Å². The van der Waals surface area contributed by atoms with Gasteiger partial charge in [0.25, 0.3) is 0 Å². The van der Waals surface area contributed by atoms with E-state index in [2.05, 4.69) is 277 Å². The Morgan fingerprint density at radius 1 is 0.507 bits per heavy atom. The molecule has 0 amide bonds. The summed E-state index contributed by atoms with van der Waals surface area (Å²) in [7, 11) is 0. The second-order valence-electron chi connectivity index (χ2n) is 24.8. The quantitative estimate of drug-likeness (QED) is 0.128. The fraction of sp³-hybridized carbons (Fsp3) is 0.304. The molecule has 10 rings (SSSR count). The maximum Gasteiger partial charge on any atom is 0.135 e. The number of hydrogen-bond donors (Lipinski definition) is 0. The summed E-state index contributed by atoms with van der Waals surface area (Å²) >= 11 is 0. The second-order valence-corrected chi connectivity index (χ2v) is 24.8. The van der Waals surface area contributed by atoms with Crippen LogP contribution in [0, 0.1) is 18.8 Å². The molecule has 9 aromatic rings. The Kier molecular flexibility index (Phi) is 14.2. The summed E-state index contributed by atoms with van der Waals surface area (Å²) in [4.78, 5) is 9.73. The van der Waals surface area contributed by atoms with Crippen molar-refractivity contribution in [1.82, 2.24) is 9.55 Å². The topological polar surface area (TPSA) is 33.5 Å². The fourth-order valence-corrected chi connectivity index (χ4v) is 10.6. The summed E-state index contributed by atoms with van der Waals surface area (Å²) in [5.41, 5.74) is 17.1. The van der Waals surface area contributed by atoms with Gasteiger partial charge in [-0.25, -0.2) is 4.98 Å². The molecule has 1 aliphatic heterocycles. The van der Waals surface area contributed by atoms with Crippen molar-refractivity contribution in [3.05, 3.63) is 210 Å². The van der Waals surface area contributed by atoms with Gasteiger partial charge in [-0.15, -0.1) is 53.6 Å². The van der Waals surface area contributed by atoms with Crippen LogP contribution in [-0.2, 0) is 42.7 Å². The minimum absolute atomic E-state index is 0. The van der Waals surface area contributed by atoms with E-state index in [1.54, 1.807) is 0 Å². The average Bonchev–Trinajstić information content (AvgIpc) is 3.91. The number of benzene rings is 7. The van der Waals surface area contributed by atoms with E-state index >= 15 is 0 Å². The molecular formula is C69H73N4OPt-3. The summed E-state index contributed by atoms with van der Waals surface area (Å²) < 4.78 is 9.38. The van der Waals surface area contributed by atoms with Crippen molar-refractivity contribution in [2.45, 2.75) is 137 Å². The van der Waals surface area contributed by atoms with Crippen LogP contribution in [0.25, 0.3) is 38.8 Å². The summed E-state index contributed by atoms with van der Waals surface area (Å²) in [6, 6.07) is 60.9. The molecule has 0 radical (unpaired) electrons. The van der Waals surface area contributed by atoms with E-state index in [-0.39, 0.29) is 42.7 Å². The standard InChI is InChI=1S/C69H73N4O.Pt/c1-44(2)56-25-21-26-57(45(3)4)65(56)46-34-52(71-43-72(63-39-48(66(5,6)7)28-31-61(63)71)53-37-50(67(8,9)10)36-51(38-53)68(11,12)13)41-55(35-46)74-54-29-30-59-58-24-19-20-27-60(58)73(62(59)42-54)64-40-49(32-33-70-64)69(14,15)47-22-17-16-18-23-47;/h16-40,43-45H,1-15H3;/q-3;. The molecule has 0 aliphatic carbocycles. The summed E-state index contributed by atoms with van der Waals surface area (Å²) in [6.07, 6.45) is 1.93. The van der Waals surface area contributed by atoms with E-state index in [0.717, 1.165) is 55.9 Å². The zero-order valence-corrected chi connectivity index (χ0v) is 49.0. The Hall–Kier alpha value is -6.42. The van der Waals surface area contributed by atoms with Gasteiger partial charge in [-0.3, -0.25) is 0 Å². The first-order valence-corrected chi connectivity index (χ1v) is 26.6. The normalized spacial score (nSPS) is 13.3. The van der Waals surface area contributed by atoms with Crippen LogP contribution in [0.2, 0.25) is 0 Å². The molecule has 6 heteroatoms. The molecule has 0 atom stereocenters. The Morgan fingerprint density at radius 2 is 1.15 bits per heavy atom. The number of fused-ring (bicyclic) bond motifs is 4. The van der Waals surface area contributed by atoms with Crippen molar-refractivity contribution >= 4 is 44.6 Å². The molecule has 75 heavy (non-hydrogen) atoms. The molecule has 0 bridgehead atoms. The van der Waals surface area contributed by atoms with Crippen molar-refractivity contribution in [3.8, 4) is 28.4 Å². The molecule has 0 N–H and O–H groups in total. The van der Waals surface area contributed by atoms with Gasteiger partial charge in [0, 0.05) is 66.8 Å². The smallest absolute Gasteiger partial charge is 0.135 e. The van der Waals surface area contributed by atoms with Crippen LogP contribution in [0.4, 0.5) is 22.7 Å². The van der Waals surface area contributed by atoms with Crippen LogP contribution in [0.5, 0.6) is 11.5 Å². The molecule has 388 valence electrons. The van der Waals surface area contributed by atoms with Gasteiger partial charge in [-0.1, -0.05) is 188 Å². The first-order valence-electron chi connectivity index (χ1n) is 26.6. The van der Waals surface area contributed by atoms with Crippen LogP contribution in [0.3, 0.4) is 0 Å². The SMILES string of the molecule is CC(C)c1cccc(C(C)C)c1-c1cc(Oc2[c-]c3c(cc2)c2ccccc2n3-c2cc(C(C)(C)c3ccccc3)ccn2)[c-]c(N2[CH-]N(c3cc(C(C)(C)C)cc(C(C)(C)C)c3)c3cc(C(C)(C)C)ccc32)c1.[Pt]. The Bertz CT molecular complexity index is 3500. The van der Waals surface area contributed by atoms with E-state index in [4.69, 9.17) is 9.72 Å². The number of aromatic nitrogens is 2. The molecule has 7 aromatic carbocycles. The monoisotopic (exact) mass is 1170 g/mol. The van der Waals surface area contributed by atoms with Crippen LogP contribution >= 0.6 is 0 Å². The molecule has 0 saturated carbocycles. The van der Waals surface area contributed by atoms with Crippen LogP contribution in [-0.4, -0.2) is 9.55 Å². The third-order valence-corrected chi connectivity index (χ3v) is 15.2. The van der Waals surface area contributed by atoms with Crippen molar-refractivity contribution in [3.63, 3.8) is 0 Å². The van der Waals surface area contributed by atoms with Crippen LogP contribution < -0.4 is 14.5 Å². The molecular weight excluding hydrogens is 1100 g/mol. The minimum atomic E-state index is -0.247. The number of ether oxygens (including phenoxy) is 1.